The van der Waals surface area contributed by atoms with Gasteiger partial charge in [0.15, 0.2) is 5.75 Å². The Hall–Kier alpha value is -1.87. The molecule has 6 nitrogen and oxygen atoms in total. The highest BCUT2D eigenvalue weighted by molar-refractivity contribution is 5.49. The summed E-state index contributed by atoms with van der Waals surface area (Å²) in [7, 11) is 0. The molecule has 1 aromatic carbocycles. The standard InChI is InChI=1S/C11H13F3N2O4/c12-11(13,14)8-1-2-10(9(7-8)16(17)18)20-6-5-19-4-3-15/h1-2,7H,3-6,15H2. The van der Waals surface area contributed by atoms with Gasteiger partial charge in [-0.25, -0.2) is 0 Å². The van der Waals surface area contributed by atoms with Gasteiger partial charge in [0.05, 0.1) is 23.7 Å². The number of nitro benzene ring substituents is 1. The van der Waals surface area contributed by atoms with Crippen LogP contribution in [-0.4, -0.2) is 31.3 Å². The second-order valence-corrected chi connectivity index (χ2v) is 3.69. The first kappa shape index (κ1) is 16.2. The molecule has 9 heteroatoms. The number of hydrogen-bond donors (Lipinski definition) is 1. The van der Waals surface area contributed by atoms with Crippen molar-refractivity contribution in [3.05, 3.63) is 33.9 Å². The summed E-state index contributed by atoms with van der Waals surface area (Å²) >= 11 is 0. The third-order valence-electron chi connectivity index (χ3n) is 2.23. The molecule has 0 amide bonds. The number of hydrogen-bond acceptors (Lipinski definition) is 5. The van der Waals surface area contributed by atoms with Crippen molar-refractivity contribution >= 4 is 5.69 Å². The Bertz CT molecular complexity index is 465. The summed E-state index contributed by atoms with van der Waals surface area (Å²) < 4.78 is 47.4. The molecule has 0 atom stereocenters. The van der Waals surface area contributed by atoms with Crippen molar-refractivity contribution in [2.75, 3.05) is 26.4 Å². The van der Waals surface area contributed by atoms with Gasteiger partial charge >= 0.3 is 11.9 Å². The minimum atomic E-state index is -4.65. The molecule has 0 aromatic heterocycles. The molecule has 0 saturated carbocycles. The maximum absolute atomic E-state index is 12.5. The van der Waals surface area contributed by atoms with Crippen LogP contribution in [0.2, 0.25) is 0 Å². The average molecular weight is 294 g/mol. The topological polar surface area (TPSA) is 87.6 Å². The zero-order valence-electron chi connectivity index (χ0n) is 10.4. The number of ether oxygens (including phenoxy) is 2. The van der Waals surface area contributed by atoms with Crippen LogP contribution in [0.25, 0.3) is 0 Å². The van der Waals surface area contributed by atoms with Gasteiger partial charge in [0.2, 0.25) is 0 Å². The van der Waals surface area contributed by atoms with Gasteiger partial charge in [-0.15, -0.1) is 0 Å². The van der Waals surface area contributed by atoms with Gasteiger partial charge in [0.25, 0.3) is 0 Å². The van der Waals surface area contributed by atoms with Gasteiger partial charge in [0, 0.05) is 12.6 Å². The van der Waals surface area contributed by atoms with Crippen LogP contribution in [0.15, 0.2) is 18.2 Å². The monoisotopic (exact) mass is 294 g/mol. The SMILES string of the molecule is NCCOCCOc1ccc(C(F)(F)F)cc1[N+](=O)[O-]. The molecule has 112 valence electrons. The van der Waals surface area contributed by atoms with Crippen molar-refractivity contribution in [1.82, 2.24) is 0 Å². The molecular formula is C11H13F3N2O4. The maximum atomic E-state index is 12.5. The number of benzene rings is 1. The van der Waals surface area contributed by atoms with E-state index in [0.29, 0.717) is 19.2 Å². The highest BCUT2D eigenvalue weighted by atomic mass is 19.4. The first-order valence-electron chi connectivity index (χ1n) is 5.62. The summed E-state index contributed by atoms with van der Waals surface area (Å²) in [5, 5.41) is 10.7. The Labute approximate surface area is 112 Å². The quantitative estimate of drug-likeness (QED) is 0.472. The van der Waals surface area contributed by atoms with E-state index in [2.05, 4.69) is 0 Å². The summed E-state index contributed by atoms with van der Waals surface area (Å²) in [6.07, 6.45) is -4.65. The molecule has 0 aliphatic heterocycles. The molecule has 0 bridgehead atoms. The second kappa shape index (κ2) is 7.06. The van der Waals surface area contributed by atoms with Crippen LogP contribution in [0.4, 0.5) is 18.9 Å². The van der Waals surface area contributed by atoms with Gasteiger partial charge in [0.1, 0.15) is 6.61 Å². The Balaban J connectivity index is 2.78. The molecule has 0 spiro atoms. The lowest BCUT2D eigenvalue weighted by Crippen LogP contribution is -2.13. The molecule has 0 saturated heterocycles. The lowest BCUT2D eigenvalue weighted by molar-refractivity contribution is -0.386. The van der Waals surface area contributed by atoms with E-state index < -0.39 is 22.4 Å². The number of halogens is 3. The average Bonchev–Trinajstić information content (AvgIpc) is 2.37. The Morgan fingerprint density at radius 1 is 1.25 bits per heavy atom. The lowest BCUT2D eigenvalue weighted by Gasteiger charge is -2.10. The fraction of sp³-hybridized carbons (Fsp3) is 0.455. The highest BCUT2D eigenvalue weighted by Crippen LogP contribution is 2.35. The number of alkyl halides is 3. The molecule has 0 fully saturated rings. The predicted octanol–water partition coefficient (Wildman–Crippen LogP) is 1.97. The van der Waals surface area contributed by atoms with Crippen molar-refractivity contribution in [2.45, 2.75) is 6.18 Å². The van der Waals surface area contributed by atoms with E-state index in [1.54, 1.807) is 0 Å². The Morgan fingerprint density at radius 2 is 1.95 bits per heavy atom. The first-order chi connectivity index (χ1) is 9.36. The van der Waals surface area contributed by atoms with E-state index in [9.17, 15) is 23.3 Å². The zero-order chi connectivity index (χ0) is 15.2. The normalized spacial score (nSPS) is 11.4. The van der Waals surface area contributed by atoms with Crippen LogP contribution in [0.1, 0.15) is 5.56 Å². The van der Waals surface area contributed by atoms with Crippen LogP contribution in [0, 0.1) is 10.1 Å². The van der Waals surface area contributed by atoms with E-state index in [-0.39, 0.29) is 19.0 Å². The zero-order valence-corrected chi connectivity index (χ0v) is 10.4. The van der Waals surface area contributed by atoms with Gasteiger partial charge in [-0.05, 0) is 12.1 Å². The number of rotatable bonds is 7. The predicted molar refractivity (Wildman–Crippen MR) is 63.5 cm³/mol. The van der Waals surface area contributed by atoms with E-state index >= 15 is 0 Å². The van der Waals surface area contributed by atoms with Crippen LogP contribution >= 0.6 is 0 Å². The van der Waals surface area contributed by atoms with Gasteiger partial charge in [-0.1, -0.05) is 0 Å². The van der Waals surface area contributed by atoms with E-state index in [4.69, 9.17) is 15.2 Å². The summed E-state index contributed by atoms with van der Waals surface area (Å²) in [4.78, 5) is 9.82. The van der Waals surface area contributed by atoms with E-state index in [1.807, 2.05) is 0 Å². The van der Waals surface area contributed by atoms with Crippen LogP contribution in [0.3, 0.4) is 0 Å². The van der Waals surface area contributed by atoms with E-state index in [0.717, 1.165) is 12.1 Å². The number of nitrogens with two attached hydrogens (primary N) is 1. The van der Waals surface area contributed by atoms with Crippen molar-refractivity contribution in [2.24, 2.45) is 5.73 Å². The van der Waals surface area contributed by atoms with Crippen molar-refractivity contribution < 1.29 is 27.6 Å². The van der Waals surface area contributed by atoms with Crippen molar-refractivity contribution in [1.29, 1.82) is 0 Å². The molecule has 20 heavy (non-hydrogen) atoms. The molecular weight excluding hydrogens is 281 g/mol. The van der Waals surface area contributed by atoms with Gasteiger partial charge in [-0.2, -0.15) is 13.2 Å². The maximum Gasteiger partial charge on any atom is 0.416 e. The minimum absolute atomic E-state index is 0.0216. The Kier molecular flexibility index (Phi) is 5.71. The smallest absolute Gasteiger partial charge is 0.416 e. The molecule has 0 heterocycles. The summed E-state index contributed by atoms with van der Waals surface area (Å²) in [6, 6.07) is 2.09. The third-order valence-corrected chi connectivity index (χ3v) is 2.23. The Morgan fingerprint density at radius 3 is 2.50 bits per heavy atom. The first-order valence-corrected chi connectivity index (χ1v) is 5.62. The van der Waals surface area contributed by atoms with Gasteiger partial charge in [-0.3, -0.25) is 10.1 Å². The molecule has 2 N–H and O–H groups in total. The largest absolute Gasteiger partial charge is 0.484 e. The molecule has 0 aliphatic carbocycles. The highest BCUT2D eigenvalue weighted by Gasteiger charge is 2.33. The summed E-state index contributed by atoms with van der Waals surface area (Å²) in [5.41, 5.74) is 3.34. The van der Waals surface area contributed by atoms with Crippen molar-refractivity contribution in [3.8, 4) is 5.75 Å². The summed E-state index contributed by atoms with van der Waals surface area (Å²) in [6.45, 7) is 0.737. The summed E-state index contributed by atoms with van der Waals surface area (Å²) in [5.74, 6) is -0.237. The molecule has 0 radical (unpaired) electrons. The van der Waals surface area contributed by atoms with Crippen LogP contribution in [-0.2, 0) is 10.9 Å². The number of nitro groups is 1. The second-order valence-electron chi connectivity index (χ2n) is 3.69. The van der Waals surface area contributed by atoms with Crippen molar-refractivity contribution in [3.63, 3.8) is 0 Å². The molecule has 0 unspecified atom stereocenters. The molecule has 0 aliphatic rings. The molecule has 1 rings (SSSR count). The van der Waals surface area contributed by atoms with E-state index in [1.165, 1.54) is 0 Å². The van der Waals surface area contributed by atoms with Gasteiger partial charge < -0.3 is 15.2 Å². The molecule has 1 aromatic rings. The van der Waals surface area contributed by atoms with Crippen LogP contribution in [0.5, 0.6) is 5.75 Å². The third kappa shape index (κ3) is 4.67. The van der Waals surface area contributed by atoms with Crippen LogP contribution < -0.4 is 10.5 Å². The minimum Gasteiger partial charge on any atom is -0.484 e. The lowest BCUT2D eigenvalue weighted by atomic mass is 10.2. The fourth-order valence-electron chi connectivity index (χ4n) is 1.35. The fourth-order valence-corrected chi connectivity index (χ4v) is 1.35. The number of nitrogens with zero attached hydrogens (tertiary/aromatic N) is 1.